The number of benzene rings is 2. The summed E-state index contributed by atoms with van der Waals surface area (Å²) in [6, 6.07) is 13.7. The summed E-state index contributed by atoms with van der Waals surface area (Å²) in [7, 11) is 0. The Hall–Kier alpha value is -2.02. The third-order valence-electron chi connectivity index (χ3n) is 3.53. The molecule has 2 aromatic rings. The molecule has 2 aromatic carbocycles. The molecule has 21 heavy (non-hydrogen) atoms. The number of hydrogen-bond acceptors (Lipinski definition) is 3. The van der Waals surface area contributed by atoms with Crippen LogP contribution in [0, 0.1) is 11.3 Å². The van der Waals surface area contributed by atoms with Gasteiger partial charge in [-0.1, -0.05) is 23.7 Å². The molecule has 1 aliphatic heterocycles. The van der Waals surface area contributed by atoms with Gasteiger partial charge in [0, 0.05) is 30.1 Å². The van der Waals surface area contributed by atoms with Crippen molar-refractivity contribution in [2.24, 2.45) is 0 Å². The van der Waals surface area contributed by atoms with Crippen LogP contribution in [0.5, 0.6) is 5.75 Å². The Balaban J connectivity index is 1.67. The molecule has 4 heteroatoms. The number of hydrogen-bond donors (Lipinski definition) is 1. The van der Waals surface area contributed by atoms with Crippen LogP contribution in [0.25, 0.3) is 0 Å². The van der Waals surface area contributed by atoms with Crippen LogP contribution in [-0.4, -0.2) is 6.61 Å². The highest BCUT2D eigenvalue weighted by molar-refractivity contribution is 6.30. The highest BCUT2D eigenvalue weighted by atomic mass is 35.5. The summed E-state index contributed by atoms with van der Waals surface area (Å²) < 4.78 is 5.68. The highest BCUT2D eigenvalue weighted by Gasteiger charge is 2.17. The second kappa shape index (κ2) is 6.17. The van der Waals surface area contributed by atoms with E-state index in [-0.39, 0.29) is 0 Å². The smallest absolute Gasteiger partial charge is 0.127 e. The number of nitrogens with one attached hydrogen (secondary N) is 1. The molecule has 1 N–H and O–H groups in total. The van der Waals surface area contributed by atoms with Gasteiger partial charge < -0.3 is 10.1 Å². The van der Waals surface area contributed by atoms with Crippen molar-refractivity contribution in [3.05, 3.63) is 63.7 Å². The fourth-order valence-corrected chi connectivity index (χ4v) is 2.83. The molecular weight excluding hydrogens is 284 g/mol. The Kier molecular flexibility index (Phi) is 4.10. The fraction of sp³-hybridized carbons (Fsp3) is 0.235. The number of fused-ring (bicyclic) bond motifs is 1. The lowest BCUT2D eigenvalue weighted by atomic mass is 10.1. The van der Waals surface area contributed by atoms with Gasteiger partial charge >= 0.3 is 0 Å². The molecule has 0 fully saturated rings. The maximum Gasteiger partial charge on any atom is 0.127 e. The average Bonchev–Trinajstić information content (AvgIpc) is 2.95. The van der Waals surface area contributed by atoms with E-state index in [4.69, 9.17) is 21.6 Å². The van der Waals surface area contributed by atoms with Gasteiger partial charge in [-0.05, 0) is 35.4 Å². The van der Waals surface area contributed by atoms with Crippen molar-refractivity contribution in [3.63, 3.8) is 0 Å². The number of ether oxygens (including phenoxy) is 1. The van der Waals surface area contributed by atoms with Crippen molar-refractivity contribution in [2.45, 2.75) is 19.5 Å². The molecule has 106 valence electrons. The van der Waals surface area contributed by atoms with E-state index in [1.54, 1.807) is 6.07 Å². The van der Waals surface area contributed by atoms with E-state index in [9.17, 15) is 0 Å². The Morgan fingerprint density at radius 3 is 3.00 bits per heavy atom. The number of nitrogens with zero attached hydrogens (tertiary/aromatic N) is 1. The predicted octanol–water partition coefficient (Wildman–Crippen LogP) is 3.44. The van der Waals surface area contributed by atoms with Gasteiger partial charge in [-0.2, -0.15) is 5.26 Å². The zero-order valence-corrected chi connectivity index (χ0v) is 12.3. The molecule has 0 unspecified atom stereocenters. The largest absolute Gasteiger partial charge is 0.493 e. The summed E-state index contributed by atoms with van der Waals surface area (Å²) in [5, 5.41) is 13.0. The van der Waals surface area contributed by atoms with Crippen molar-refractivity contribution in [1.29, 1.82) is 5.26 Å². The zero-order valence-electron chi connectivity index (χ0n) is 11.5. The minimum Gasteiger partial charge on any atom is -0.493 e. The van der Waals surface area contributed by atoms with Crippen molar-refractivity contribution in [3.8, 4) is 11.8 Å². The summed E-state index contributed by atoms with van der Waals surface area (Å²) >= 11 is 6.14. The fourth-order valence-electron chi connectivity index (χ4n) is 2.57. The first-order chi connectivity index (χ1) is 10.3. The lowest BCUT2D eigenvalue weighted by Gasteiger charge is -2.10. The molecule has 1 heterocycles. The topological polar surface area (TPSA) is 45.0 Å². The molecule has 0 saturated heterocycles. The van der Waals surface area contributed by atoms with Gasteiger partial charge in [-0.3, -0.25) is 0 Å². The summed E-state index contributed by atoms with van der Waals surface area (Å²) in [6.07, 6.45) is 0.924. The van der Waals surface area contributed by atoms with Crippen LogP contribution < -0.4 is 10.1 Å². The van der Waals surface area contributed by atoms with Gasteiger partial charge in [0.1, 0.15) is 5.75 Å². The Bertz CT molecular complexity index is 706. The summed E-state index contributed by atoms with van der Waals surface area (Å²) in [6.45, 7) is 2.13. The summed E-state index contributed by atoms with van der Waals surface area (Å²) in [5.41, 5.74) is 4.05. The molecule has 0 radical (unpaired) electrons. The summed E-state index contributed by atoms with van der Waals surface area (Å²) in [5.74, 6) is 0.970. The van der Waals surface area contributed by atoms with Crippen molar-refractivity contribution in [2.75, 3.05) is 6.61 Å². The molecule has 0 bridgehead atoms. The monoisotopic (exact) mass is 298 g/mol. The third kappa shape index (κ3) is 3.18. The van der Waals surface area contributed by atoms with Crippen LogP contribution in [0.3, 0.4) is 0 Å². The second-order valence-electron chi connectivity index (χ2n) is 5.07. The molecule has 0 saturated carbocycles. The Morgan fingerprint density at radius 2 is 2.14 bits per heavy atom. The first kappa shape index (κ1) is 13.9. The van der Waals surface area contributed by atoms with E-state index in [2.05, 4.69) is 11.4 Å². The SMILES string of the molecule is N#Cc1cccc(CNCc2cc(Cl)cc3c2OCC3)c1. The third-order valence-corrected chi connectivity index (χ3v) is 3.74. The number of nitriles is 1. The van der Waals surface area contributed by atoms with Gasteiger partial charge in [0.15, 0.2) is 0 Å². The maximum atomic E-state index is 8.90. The van der Waals surface area contributed by atoms with Crippen LogP contribution in [0.15, 0.2) is 36.4 Å². The average molecular weight is 299 g/mol. The normalized spacial score (nSPS) is 12.6. The van der Waals surface area contributed by atoms with Crippen LogP contribution >= 0.6 is 11.6 Å². The van der Waals surface area contributed by atoms with Crippen LogP contribution in [0.4, 0.5) is 0 Å². The van der Waals surface area contributed by atoms with E-state index in [1.807, 2.05) is 30.3 Å². The Morgan fingerprint density at radius 1 is 1.24 bits per heavy atom. The maximum absolute atomic E-state index is 8.90. The van der Waals surface area contributed by atoms with Gasteiger partial charge in [-0.15, -0.1) is 0 Å². The van der Waals surface area contributed by atoms with E-state index in [0.29, 0.717) is 18.7 Å². The van der Waals surface area contributed by atoms with E-state index in [1.165, 1.54) is 5.56 Å². The predicted molar refractivity (Wildman–Crippen MR) is 82.4 cm³/mol. The van der Waals surface area contributed by atoms with E-state index in [0.717, 1.165) is 34.9 Å². The van der Waals surface area contributed by atoms with Crippen LogP contribution in [0.2, 0.25) is 5.02 Å². The van der Waals surface area contributed by atoms with Crippen molar-refractivity contribution in [1.82, 2.24) is 5.32 Å². The lowest BCUT2D eigenvalue weighted by Crippen LogP contribution is -2.13. The van der Waals surface area contributed by atoms with Crippen LogP contribution in [-0.2, 0) is 19.5 Å². The van der Waals surface area contributed by atoms with Gasteiger partial charge in [0.25, 0.3) is 0 Å². The minimum atomic E-state index is 0.682. The molecule has 0 amide bonds. The standard InChI is InChI=1S/C17H15ClN2O/c18-16-7-14-4-5-21-17(14)15(8-16)11-20-10-13-3-1-2-12(6-13)9-19/h1-3,6-8,20H,4-5,10-11H2. The van der Waals surface area contributed by atoms with Crippen molar-refractivity contribution < 1.29 is 4.74 Å². The zero-order chi connectivity index (χ0) is 14.7. The van der Waals surface area contributed by atoms with Gasteiger partial charge in [-0.25, -0.2) is 0 Å². The molecule has 0 aliphatic carbocycles. The molecular formula is C17H15ClN2O. The molecule has 0 atom stereocenters. The number of halogens is 1. The second-order valence-corrected chi connectivity index (χ2v) is 5.50. The molecule has 0 aromatic heterocycles. The van der Waals surface area contributed by atoms with Crippen molar-refractivity contribution >= 4 is 11.6 Å². The molecule has 3 nitrogen and oxygen atoms in total. The molecule has 0 spiro atoms. The first-order valence-corrected chi connectivity index (χ1v) is 7.28. The minimum absolute atomic E-state index is 0.682. The number of rotatable bonds is 4. The highest BCUT2D eigenvalue weighted by Crippen LogP contribution is 2.32. The van der Waals surface area contributed by atoms with Gasteiger partial charge in [0.2, 0.25) is 0 Å². The first-order valence-electron chi connectivity index (χ1n) is 6.90. The lowest BCUT2D eigenvalue weighted by molar-refractivity contribution is 0.352. The van der Waals surface area contributed by atoms with E-state index >= 15 is 0 Å². The molecule has 1 aliphatic rings. The van der Waals surface area contributed by atoms with E-state index < -0.39 is 0 Å². The Labute approximate surface area is 129 Å². The summed E-state index contributed by atoms with van der Waals surface area (Å²) in [4.78, 5) is 0. The quantitative estimate of drug-likeness (QED) is 0.940. The van der Waals surface area contributed by atoms with Crippen LogP contribution in [0.1, 0.15) is 22.3 Å². The molecule has 3 rings (SSSR count). The van der Waals surface area contributed by atoms with Gasteiger partial charge in [0.05, 0.1) is 18.2 Å².